The summed E-state index contributed by atoms with van der Waals surface area (Å²) in [7, 11) is 0. The van der Waals surface area contributed by atoms with Crippen LogP contribution in [-0.4, -0.2) is 11.5 Å². The topological polar surface area (TPSA) is 24.9 Å². The molecule has 0 aliphatic carbocycles. The van der Waals surface area contributed by atoms with Crippen molar-refractivity contribution in [3.8, 4) is 0 Å². The maximum atomic E-state index is 6.37. The molecule has 2 nitrogen and oxygen atoms in total. The lowest BCUT2D eigenvalue weighted by molar-refractivity contribution is 0.625. The van der Waals surface area contributed by atoms with Gasteiger partial charge < -0.3 is 5.32 Å². The van der Waals surface area contributed by atoms with Crippen LogP contribution in [0.15, 0.2) is 41.1 Å². The van der Waals surface area contributed by atoms with Gasteiger partial charge in [-0.25, -0.2) is 0 Å². The van der Waals surface area contributed by atoms with Crippen LogP contribution in [-0.2, 0) is 0 Å². The Labute approximate surface area is 127 Å². The summed E-state index contributed by atoms with van der Waals surface area (Å²) in [6, 6.07) is 8.07. The van der Waals surface area contributed by atoms with Crippen LogP contribution in [0.4, 0.5) is 0 Å². The Balaban J connectivity index is 2.48. The van der Waals surface area contributed by atoms with Crippen molar-refractivity contribution in [2.45, 2.75) is 19.9 Å². The average molecular weight is 340 g/mol. The number of hydrogen-bond acceptors (Lipinski definition) is 2. The molecule has 0 radical (unpaired) electrons. The van der Waals surface area contributed by atoms with Crippen LogP contribution in [0.2, 0.25) is 5.02 Å². The summed E-state index contributed by atoms with van der Waals surface area (Å²) >= 11 is 9.81. The second-order valence-corrected chi connectivity index (χ2v) is 5.71. The lowest BCUT2D eigenvalue weighted by Gasteiger charge is -2.21. The number of pyridine rings is 1. The van der Waals surface area contributed by atoms with E-state index < -0.39 is 0 Å². The summed E-state index contributed by atoms with van der Waals surface area (Å²) in [6.45, 7) is 5.05. The van der Waals surface area contributed by atoms with Gasteiger partial charge in [0.15, 0.2) is 0 Å². The zero-order valence-corrected chi connectivity index (χ0v) is 13.3. The number of hydrogen-bond donors (Lipinski definition) is 1. The second kappa shape index (κ2) is 6.51. The number of benzene rings is 1. The van der Waals surface area contributed by atoms with E-state index in [1.165, 1.54) is 5.56 Å². The van der Waals surface area contributed by atoms with Gasteiger partial charge in [-0.2, -0.15) is 0 Å². The SMILES string of the molecule is CCNC(c1cnccc1C)c1ccc(Br)cc1Cl. The van der Waals surface area contributed by atoms with Gasteiger partial charge in [0.05, 0.1) is 6.04 Å². The van der Waals surface area contributed by atoms with E-state index in [2.05, 4.69) is 40.1 Å². The monoisotopic (exact) mass is 338 g/mol. The second-order valence-electron chi connectivity index (χ2n) is 4.39. The summed E-state index contributed by atoms with van der Waals surface area (Å²) in [5, 5.41) is 4.23. The first-order valence-corrected chi connectivity index (χ1v) is 7.39. The summed E-state index contributed by atoms with van der Waals surface area (Å²) in [4.78, 5) is 4.23. The maximum absolute atomic E-state index is 6.37. The highest BCUT2D eigenvalue weighted by molar-refractivity contribution is 9.10. The molecule has 0 saturated heterocycles. The Morgan fingerprint density at radius 1 is 1.32 bits per heavy atom. The molecule has 1 heterocycles. The van der Waals surface area contributed by atoms with Crippen molar-refractivity contribution in [3.63, 3.8) is 0 Å². The molecule has 1 atom stereocenters. The molecule has 1 aromatic carbocycles. The minimum atomic E-state index is 0.0688. The van der Waals surface area contributed by atoms with Crippen molar-refractivity contribution in [2.75, 3.05) is 6.54 Å². The highest BCUT2D eigenvalue weighted by atomic mass is 79.9. The number of aromatic nitrogens is 1. The molecular formula is C15H16BrClN2. The summed E-state index contributed by atoms with van der Waals surface area (Å²) in [5.74, 6) is 0. The first-order valence-electron chi connectivity index (χ1n) is 6.22. The number of aryl methyl sites for hydroxylation is 1. The molecule has 1 N–H and O–H groups in total. The van der Waals surface area contributed by atoms with Crippen molar-refractivity contribution >= 4 is 27.5 Å². The lowest BCUT2D eigenvalue weighted by atomic mass is 9.96. The standard InChI is InChI=1S/C15H16BrClN2/c1-3-19-15(13-9-18-7-6-10(13)2)12-5-4-11(16)8-14(12)17/h4-9,15,19H,3H2,1-2H3. The van der Waals surface area contributed by atoms with Crippen LogP contribution in [0.1, 0.15) is 29.7 Å². The number of nitrogens with zero attached hydrogens (tertiary/aromatic N) is 1. The van der Waals surface area contributed by atoms with Crippen molar-refractivity contribution in [1.82, 2.24) is 10.3 Å². The molecule has 0 spiro atoms. The molecule has 1 aromatic heterocycles. The van der Waals surface area contributed by atoms with Crippen LogP contribution >= 0.6 is 27.5 Å². The largest absolute Gasteiger partial charge is 0.306 e. The Morgan fingerprint density at radius 3 is 2.74 bits per heavy atom. The van der Waals surface area contributed by atoms with E-state index in [0.717, 1.165) is 27.2 Å². The fraction of sp³-hybridized carbons (Fsp3) is 0.267. The van der Waals surface area contributed by atoms with Gasteiger partial charge in [-0.1, -0.05) is 40.5 Å². The third-order valence-corrected chi connectivity index (χ3v) is 3.89. The molecule has 0 aliphatic heterocycles. The van der Waals surface area contributed by atoms with Crippen molar-refractivity contribution in [1.29, 1.82) is 0 Å². The van der Waals surface area contributed by atoms with Crippen LogP contribution in [0, 0.1) is 6.92 Å². The first kappa shape index (κ1) is 14.5. The lowest BCUT2D eigenvalue weighted by Crippen LogP contribution is -2.23. The molecule has 4 heteroatoms. The van der Waals surface area contributed by atoms with E-state index in [1.807, 2.05) is 36.7 Å². The van der Waals surface area contributed by atoms with Gasteiger partial charge in [0, 0.05) is 21.9 Å². The Morgan fingerprint density at radius 2 is 2.11 bits per heavy atom. The van der Waals surface area contributed by atoms with E-state index in [0.29, 0.717) is 0 Å². The highest BCUT2D eigenvalue weighted by Gasteiger charge is 2.18. The van der Waals surface area contributed by atoms with Gasteiger partial charge in [0.2, 0.25) is 0 Å². The minimum Gasteiger partial charge on any atom is -0.306 e. The molecule has 2 rings (SSSR count). The van der Waals surface area contributed by atoms with Crippen molar-refractivity contribution in [3.05, 3.63) is 62.8 Å². The average Bonchev–Trinajstić information content (AvgIpc) is 2.38. The van der Waals surface area contributed by atoms with Gasteiger partial charge in [-0.15, -0.1) is 0 Å². The number of rotatable bonds is 4. The Kier molecular flexibility index (Phi) is 4.97. The zero-order valence-electron chi connectivity index (χ0n) is 11.0. The fourth-order valence-electron chi connectivity index (χ4n) is 2.11. The number of nitrogens with one attached hydrogen (secondary N) is 1. The summed E-state index contributed by atoms with van der Waals surface area (Å²) in [6.07, 6.45) is 3.71. The predicted molar refractivity (Wildman–Crippen MR) is 83.6 cm³/mol. The predicted octanol–water partition coefficient (Wildman–Crippen LogP) is 4.50. The molecule has 0 saturated carbocycles. The molecule has 2 aromatic rings. The summed E-state index contributed by atoms with van der Waals surface area (Å²) in [5.41, 5.74) is 3.44. The molecule has 0 fully saturated rings. The minimum absolute atomic E-state index is 0.0688. The number of halogens is 2. The molecule has 1 unspecified atom stereocenters. The van der Waals surface area contributed by atoms with Crippen LogP contribution in [0.5, 0.6) is 0 Å². The van der Waals surface area contributed by atoms with Crippen LogP contribution < -0.4 is 5.32 Å². The highest BCUT2D eigenvalue weighted by Crippen LogP contribution is 2.31. The molecule has 0 bridgehead atoms. The van der Waals surface area contributed by atoms with E-state index in [9.17, 15) is 0 Å². The third-order valence-electron chi connectivity index (χ3n) is 3.07. The normalized spacial score (nSPS) is 12.4. The molecule has 0 aliphatic rings. The van der Waals surface area contributed by atoms with Crippen molar-refractivity contribution < 1.29 is 0 Å². The van der Waals surface area contributed by atoms with E-state index >= 15 is 0 Å². The van der Waals surface area contributed by atoms with Gasteiger partial charge in [-0.05, 0) is 48.4 Å². The smallest absolute Gasteiger partial charge is 0.0609 e. The van der Waals surface area contributed by atoms with Gasteiger partial charge in [-0.3, -0.25) is 4.98 Å². The maximum Gasteiger partial charge on any atom is 0.0609 e. The molecule has 19 heavy (non-hydrogen) atoms. The van der Waals surface area contributed by atoms with E-state index in [-0.39, 0.29) is 6.04 Å². The van der Waals surface area contributed by atoms with Crippen molar-refractivity contribution in [2.24, 2.45) is 0 Å². The Bertz CT molecular complexity index is 572. The quantitative estimate of drug-likeness (QED) is 0.887. The third kappa shape index (κ3) is 3.35. The first-order chi connectivity index (χ1) is 9.13. The van der Waals surface area contributed by atoms with E-state index in [1.54, 1.807) is 0 Å². The molecule has 100 valence electrons. The van der Waals surface area contributed by atoms with Gasteiger partial charge >= 0.3 is 0 Å². The molecular weight excluding hydrogens is 324 g/mol. The fourth-order valence-corrected chi connectivity index (χ4v) is 2.89. The van der Waals surface area contributed by atoms with Crippen LogP contribution in [0.25, 0.3) is 0 Å². The molecule has 0 amide bonds. The van der Waals surface area contributed by atoms with Crippen LogP contribution in [0.3, 0.4) is 0 Å². The van der Waals surface area contributed by atoms with Gasteiger partial charge in [0.1, 0.15) is 0 Å². The Hall–Kier alpha value is -0.900. The summed E-state index contributed by atoms with van der Waals surface area (Å²) < 4.78 is 0.986. The van der Waals surface area contributed by atoms with E-state index in [4.69, 9.17) is 11.6 Å². The zero-order chi connectivity index (χ0) is 13.8. The van der Waals surface area contributed by atoms with Gasteiger partial charge in [0.25, 0.3) is 0 Å².